The van der Waals surface area contributed by atoms with Gasteiger partial charge in [0, 0.05) is 12.8 Å². The summed E-state index contributed by atoms with van der Waals surface area (Å²) in [7, 11) is 0. The topological polar surface area (TPSA) is 76.0 Å². The molecule has 0 amide bonds. The van der Waals surface area contributed by atoms with Gasteiger partial charge in [0.2, 0.25) is 0 Å². The monoisotopic (exact) mass is 420 g/mol. The molecule has 1 aliphatic heterocycles. The average Bonchev–Trinajstić information content (AvgIpc) is 3.16. The van der Waals surface area contributed by atoms with Crippen molar-refractivity contribution in [1.29, 1.82) is 0 Å². The normalized spacial score (nSPS) is 34.3. The van der Waals surface area contributed by atoms with Crippen molar-refractivity contribution in [1.82, 2.24) is 0 Å². The van der Waals surface area contributed by atoms with Crippen LogP contribution in [-0.4, -0.2) is 40.8 Å². The van der Waals surface area contributed by atoms with Gasteiger partial charge in [-0.25, -0.2) is 0 Å². The lowest BCUT2D eigenvalue weighted by molar-refractivity contribution is -0.224. The standard InChI is InChI=1S/C25H40O5/c1-22(2,3)20-6-4-18(5-7-20)19-8-10-24(28,11-9-19)23(21(26)27)12-14-25(15-13-23)29-16-17-30-25/h20,28H,4-17H2,1-3H3,(H,26,27). The van der Waals surface area contributed by atoms with Crippen LogP contribution in [-0.2, 0) is 14.3 Å². The van der Waals surface area contributed by atoms with Gasteiger partial charge in [0.15, 0.2) is 5.79 Å². The number of ether oxygens (including phenoxy) is 2. The summed E-state index contributed by atoms with van der Waals surface area (Å²) >= 11 is 0. The van der Waals surface area contributed by atoms with Crippen LogP contribution in [0.5, 0.6) is 0 Å². The van der Waals surface area contributed by atoms with E-state index in [2.05, 4.69) is 20.8 Å². The molecule has 0 radical (unpaired) electrons. The molecule has 0 atom stereocenters. The molecule has 3 aliphatic carbocycles. The smallest absolute Gasteiger partial charge is 0.312 e. The van der Waals surface area contributed by atoms with Crippen LogP contribution < -0.4 is 0 Å². The van der Waals surface area contributed by atoms with Crippen LogP contribution >= 0.6 is 0 Å². The first-order chi connectivity index (χ1) is 14.1. The fourth-order valence-electron chi connectivity index (χ4n) is 6.70. The van der Waals surface area contributed by atoms with E-state index in [9.17, 15) is 15.0 Å². The summed E-state index contributed by atoms with van der Waals surface area (Å²) in [6.45, 7) is 8.20. The molecule has 0 bridgehead atoms. The first kappa shape index (κ1) is 22.3. The van der Waals surface area contributed by atoms with E-state index >= 15 is 0 Å². The molecule has 0 aromatic carbocycles. The number of carbonyl (C=O) groups is 1. The summed E-state index contributed by atoms with van der Waals surface area (Å²) in [5, 5.41) is 21.8. The van der Waals surface area contributed by atoms with Gasteiger partial charge in [-0.05, 0) is 75.5 Å². The molecule has 4 rings (SSSR count). The van der Waals surface area contributed by atoms with Gasteiger partial charge in [0.05, 0.1) is 24.2 Å². The molecule has 5 nitrogen and oxygen atoms in total. The van der Waals surface area contributed by atoms with Gasteiger partial charge in [-0.2, -0.15) is 0 Å². The second-order valence-electron chi connectivity index (χ2n) is 11.4. The summed E-state index contributed by atoms with van der Waals surface area (Å²) < 4.78 is 11.6. The van der Waals surface area contributed by atoms with Crippen molar-refractivity contribution in [2.45, 2.75) is 109 Å². The minimum atomic E-state index is -1.13. The highest BCUT2D eigenvalue weighted by molar-refractivity contribution is 5.76. The average molecular weight is 421 g/mol. The molecule has 3 saturated carbocycles. The quantitative estimate of drug-likeness (QED) is 0.600. The van der Waals surface area contributed by atoms with Crippen LogP contribution in [0.15, 0.2) is 11.1 Å². The molecular weight excluding hydrogens is 380 g/mol. The predicted molar refractivity (Wildman–Crippen MR) is 115 cm³/mol. The van der Waals surface area contributed by atoms with Crippen molar-refractivity contribution in [3.8, 4) is 0 Å². The Hall–Kier alpha value is -0.910. The van der Waals surface area contributed by atoms with Crippen LogP contribution in [0, 0.1) is 16.7 Å². The van der Waals surface area contributed by atoms with Crippen molar-refractivity contribution >= 4 is 5.97 Å². The summed E-state index contributed by atoms with van der Waals surface area (Å²) in [5.74, 6) is -0.671. The van der Waals surface area contributed by atoms with Crippen molar-refractivity contribution < 1.29 is 24.5 Å². The highest BCUT2D eigenvalue weighted by atomic mass is 16.7. The van der Waals surface area contributed by atoms with E-state index in [4.69, 9.17) is 9.47 Å². The maximum absolute atomic E-state index is 12.4. The van der Waals surface area contributed by atoms with E-state index < -0.39 is 22.8 Å². The summed E-state index contributed by atoms with van der Waals surface area (Å²) in [5.41, 5.74) is 1.26. The number of aliphatic hydroxyl groups is 1. The van der Waals surface area contributed by atoms with E-state index in [0.717, 1.165) is 18.8 Å². The van der Waals surface area contributed by atoms with Gasteiger partial charge in [0.1, 0.15) is 0 Å². The summed E-state index contributed by atoms with van der Waals surface area (Å²) in [6, 6.07) is 0. The van der Waals surface area contributed by atoms with E-state index in [-0.39, 0.29) is 0 Å². The molecule has 5 heteroatoms. The SMILES string of the molecule is CC(C)(C)C1CCC(=C2CCC(O)(C3(C(=O)O)CCC4(CC3)OCCO4)CC2)CC1. The Labute approximate surface area is 181 Å². The molecule has 0 aromatic rings. The molecule has 1 heterocycles. The van der Waals surface area contributed by atoms with Crippen LogP contribution in [0.4, 0.5) is 0 Å². The molecule has 4 fully saturated rings. The number of carboxylic acid groups (broad SMARTS) is 1. The first-order valence-electron chi connectivity index (χ1n) is 12.0. The zero-order chi connectivity index (χ0) is 21.6. The van der Waals surface area contributed by atoms with Crippen molar-refractivity contribution in [2.24, 2.45) is 16.7 Å². The van der Waals surface area contributed by atoms with E-state index in [1.54, 1.807) is 5.57 Å². The van der Waals surface area contributed by atoms with Gasteiger partial charge in [-0.3, -0.25) is 4.79 Å². The highest BCUT2D eigenvalue weighted by Gasteiger charge is 2.60. The van der Waals surface area contributed by atoms with Gasteiger partial charge >= 0.3 is 5.97 Å². The Morgan fingerprint density at radius 1 is 0.867 bits per heavy atom. The molecule has 30 heavy (non-hydrogen) atoms. The number of allylic oxidation sites excluding steroid dienone is 2. The number of aliphatic carboxylic acids is 1. The van der Waals surface area contributed by atoms with Crippen molar-refractivity contribution in [3.63, 3.8) is 0 Å². The minimum Gasteiger partial charge on any atom is -0.481 e. The molecule has 2 N–H and O–H groups in total. The molecular formula is C25H40O5. The fourth-order valence-corrected chi connectivity index (χ4v) is 6.70. The number of hydrogen-bond donors (Lipinski definition) is 2. The Morgan fingerprint density at radius 3 is 1.83 bits per heavy atom. The maximum atomic E-state index is 12.4. The molecule has 0 unspecified atom stereocenters. The Balaban J connectivity index is 1.43. The van der Waals surface area contributed by atoms with Crippen molar-refractivity contribution in [3.05, 3.63) is 11.1 Å². The highest BCUT2D eigenvalue weighted by Crippen LogP contribution is 2.55. The van der Waals surface area contributed by atoms with Crippen molar-refractivity contribution in [2.75, 3.05) is 13.2 Å². The van der Waals surface area contributed by atoms with E-state index in [1.807, 2.05) is 0 Å². The van der Waals surface area contributed by atoms with Gasteiger partial charge in [-0.1, -0.05) is 31.9 Å². The third kappa shape index (κ3) is 3.86. The third-order valence-electron chi connectivity index (χ3n) is 8.97. The first-order valence-corrected chi connectivity index (χ1v) is 12.0. The predicted octanol–water partition coefficient (Wildman–Crippen LogP) is 5.21. The lowest BCUT2D eigenvalue weighted by atomic mass is 9.57. The number of carboxylic acids is 1. The maximum Gasteiger partial charge on any atom is 0.312 e. The van der Waals surface area contributed by atoms with Crippen LogP contribution in [0.1, 0.15) is 97.8 Å². The Morgan fingerprint density at radius 2 is 1.37 bits per heavy atom. The number of rotatable bonds is 2. The Kier molecular flexibility index (Phi) is 5.87. The zero-order valence-corrected chi connectivity index (χ0v) is 19.1. The van der Waals surface area contributed by atoms with E-state index in [1.165, 1.54) is 31.3 Å². The summed E-state index contributed by atoms with van der Waals surface area (Å²) in [6.07, 6.45) is 9.67. The largest absolute Gasteiger partial charge is 0.481 e. The molecule has 170 valence electrons. The molecule has 4 aliphatic rings. The van der Waals surface area contributed by atoms with E-state index in [0.29, 0.717) is 57.2 Å². The third-order valence-corrected chi connectivity index (χ3v) is 8.97. The zero-order valence-electron chi connectivity index (χ0n) is 19.1. The minimum absolute atomic E-state index is 0.377. The van der Waals surface area contributed by atoms with Gasteiger partial charge in [-0.15, -0.1) is 0 Å². The lowest BCUT2D eigenvalue weighted by Gasteiger charge is -2.51. The second-order valence-corrected chi connectivity index (χ2v) is 11.4. The van der Waals surface area contributed by atoms with Crippen LogP contribution in [0.2, 0.25) is 0 Å². The van der Waals surface area contributed by atoms with Crippen LogP contribution in [0.25, 0.3) is 0 Å². The molecule has 0 aromatic heterocycles. The Bertz CT molecular complexity index is 665. The second kappa shape index (κ2) is 7.90. The summed E-state index contributed by atoms with van der Waals surface area (Å²) in [4.78, 5) is 12.4. The lowest BCUT2D eigenvalue weighted by Crippen LogP contribution is -2.58. The molecule has 1 saturated heterocycles. The van der Waals surface area contributed by atoms with Gasteiger partial charge < -0.3 is 19.7 Å². The molecule has 1 spiro atoms. The fraction of sp³-hybridized carbons (Fsp3) is 0.880. The van der Waals surface area contributed by atoms with Gasteiger partial charge in [0.25, 0.3) is 0 Å². The van der Waals surface area contributed by atoms with Crippen LogP contribution in [0.3, 0.4) is 0 Å². The number of hydrogen-bond acceptors (Lipinski definition) is 4.